The Balaban J connectivity index is 1.95. The molecule has 1 saturated carbocycles. The quantitative estimate of drug-likeness (QED) is 0.785. The van der Waals surface area contributed by atoms with Gasteiger partial charge < -0.3 is 11.1 Å². The molecule has 0 aromatic heterocycles. The van der Waals surface area contributed by atoms with Crippen molar-refractivity contribution in [2.75, 3.05) is 5.73 Å². The van der Waals surface area contributed by atoms with Crippen LogP contribution in [0.25, 0.3) is 0 Å². The molecular weight excluding hydrogens is 212 g/mol. The first-order valence-electron chi connectivity index (χ1n) is 6.03. The van der Waals surface area contributed by atoms with Crippen molar-refractivity contribution in [1.82, 2.24) is 5.32 Å². The minimum atomic E-state index is 0.164. The van der Waals surface area contributed by atoms with Crippen LogP contribution in [0.3, 0.4) is 0 Å². The molecule has 1 aliphatic rings. The summed E-state index contributed by atoms with van der Waals surface area (Å²) < 4.78 is 0. The number of nitrogen functional groups attached to an aromatic ring is 1. The molecule has 1 aliphatic carbocycles. The lowest BCUT2D eigenvalue weighted by Gasteiger charge is -2.10. The maximum absolute atomic E-state index is 11.8. The van der Waals surface area contributed by atoms with Gasteiger partial charge in [0, 0.05) is 18.2 Å². The third kappa shape index (κ3) is 2.43. The molecule has 1 aromatic rings. The molecule has 17 heavy (non-hydrogen) atoms. The molecule has 1 unspecified atom stereocenters. The Bertz CT molecular complexity index is 452. The van der Waals surface area contributed by atoms with E-state index in [1.165, 1.54) is 0 Å². The van der Waals surface area contributed by atoms with E-state index in [4.69, 9.17) is 5.73 Å². The SMILES string of the molecule is Cc1c(N)cccc1CNC(=O)C1CC1(C)C. The van der Waals surface area contributed by atoms with E-state index in [0.29, 0.717) is 6.54 Å². The van der Waals surface area contributed by atoms with Crippen LogP contribution in [0.5, 0.6) is 0 Å². The molecule has 0 saturated heterocycles. The summed E-state index contributed by atoms with van der Waals surface area (Å²) in [5.74, 6) is 0.348. The van der Waals surface area contributed by atoms with Gasteiger partial charge in [-0.25, -0.2) is 0 Å². The van der Waals surface area contributed by atoms with Crippen LogP contribution in [0.2, 0.25) is 0 Å². The highest BCUT2D eigenvalue weighted by Crippen LogP contribution is 2.51. The van der Waals surface area contributed by atoms with E-state index in [1.54, 1.807) is 0 Å². The summed E-state index contributed by atoms with van der Waals surface area (Å²) in [4.78, 5) is 11.8. The van der Waals surface area contributed by atoms with E-state index in [1.807, 2.05) is 25.1 Å². The molecule has 3 N–H and O–H groups in total. The van der Waals surface area contributed by atoms with Crippen molar-refractivity contribution in [3.63, 3.8) is 0 Å². The predicted octanol–water partition coefficient (Wildman–Crippen LogP) is 2.24. The van der Waals surface area contributed by atoms with Gasteiger partial charge in [-0.15, -0.1) is 0 Å². The normalized spacial score (nSPS) is 21.0. The monoisotopic (exact) mass is 232 g/mol. The van der Waals surface area contributed by atoms with Crippen LogP contribution >= 0.6 is 0 Å². The van der Waals surface area contributed by atoms with E-state index >= 15 is 0 Å². The number of anilines is 1. The average Bonchev–Trinajstić information content (AvgIpc) is 2.90. The number of carbonyl (C=O) groups is 1. The molecular formula is C14H20N2O. The molecule has 0 radical (unpaired) electrons. The van der Waals surface area contributed by atoms with Crippen LogP contribution in [0.15, 0.2) is 18.2 Å². The van der Waals surface area contributed by atoms with Crippen molar-refractivity contribution >= 4 is 11.6 Å². The Kier molecular flexibility index (Phi) is 2.86. The van der Waals surface area contributed by atoms with Crippen LogP contribution in [0.1, 0.15) is 31.4 Å². The Hall–Kier alpha value is -1.51. The van der Waals surface area contributed by atoms with Crippen LogP contribution in [0.4, 0.5) is 5.69 Å². The van der Waals surface area contributed by atoms with Crippen LogP contribution < -0.4 is 11.1 Å². The summed E-state index contributed by atoms with van der Waals surface area (Å²) in [6.07, 6.45) is 0.995. The standard InChI is InChI=1S/C14H20N2O/c1-9-10(5-4-6-12(9)15)8-16-13(17)11-7-14(11,2)3/h4-6,11H,7-8,15H2,1-3H3,(H,16,17). The van der Waals surface area contributed by atoms with Gasteiger partial charge in [-0.3, -0.25) is 4.79 Å². The molecule has 2 rings (SSSR count). The van der Waals surface area contributed by atoms with Crippen molar-refractivity contribution < 1.29 is 4.79 Å². The number of hydrogen-bond donors (Lipinski definition) is 2. The van der Waals surface area contributed by atoms with Crippen molar-refractivity contribution in [3.8, 4) is 0 Å². The Morgan fingerprint density at radius 2 is 2.18 bits per heavy atom. The smallest absolute Gasteiger partial charge is 0.223 e. The van der Waals surface area contributed by atoms with Gasteiger partial charge >= 0.3 is 0 Å². The van der Waals surface area contributed by atoms with Gasteiger partial charge in [0.15, 0.2) is 0 Å². The Morgan fingerprint density at radius 3 is 2.76 bits per heavy atom. The topological polar surface area (TPSA) is 55.1 Å². The van der Waals surface area contributed by atoms with Gasteiger partial charge in [-0.1, -0.05) is 26.0 Å². The van der Waals surface area contributed by atoms with Gasteiger partial charge in [0.2, 0.25) is 5.91 Å². The van der Waals surface area contributed by atoms with Crippen LogP contribution in [-0.4, -0.2) is 5.91 Å². The third-order valence-corrected chi connectivity index (χ3v) is 3.77. The summed E-state index contributed by atoms with van der Waals surface area (Å²) in [6, 6.07) is 5.81. The van der Waals surface area contributed by atoms with E-state index in [0.717, 1.165) is 23.2 Å². The summed E-state index contributed by atoms with van der Waals surface area (Å²) in [7, 11) is 0. The van der Waals surface area contributed by atoms with Crippen molar-refractivity contribution in [3.05, 3.63) is 29.3 Å². The lowest BCUT2D eigenvalue weighted by atomic mass is 10.1. The molecule has 1 atom stereocenters. The number of hydrogen-bond acceptors (Lipinski definition) is 2. The lowest BCUT2D eigenvalue weighted by Crippen LogP contribution is -2.26. The fourth-order valence-corrected chi connectivity index (χ4v) is 2.12. The minimum Gasteiger partial charge on any atom is -0.399 e. The highest BCUT2D eigenvalue weighted by atomic mass is 16.2. The van der Waals surface area contributed by atoms with Crippen molar-refractivity contribution in [2.45, 2.75) is 33.7 Å². The zero-order chi connectivity index (χ0) is 12.6. The fraction of sp³-hybridized carbons (Fsp3) is 0.500. The Morgan fingerprint density at radius 1 is 1.53 bits per heavy atom. The average molecular weight is 232 g/mol. The molecule has 0 bridgehead atoms. The lowest BCUT2D eigenvalue weighted by molar-refractivity contribution is -0.123. The highest BCUT2D eigenvalue weighted by molar-refractivity contribution is 5.82. The largest absolute Gasteiger partial charge is 0.399 e. The number of nitrogens with two attached hydrogens (primary N) is 1. The highest BCUT2D eigenvalue weighted by Gasteiger charge is 2.50. The first-order chi connectivity index (χ1) is 7.92. The summed E-state index contributed by atoms with van der Waals surface area (Å²) in [5, 5.41) is 2.99. The molecule has 0 spiro atoms. The summed E-state index contributed by atoms with van der Waals surface area (Å²) in [5.41, 5.74) is 8.95. The second kappa shape index (κ2) is 4.06. The number of carbonyl (C=O) groups excluding carboxylic acids is 1. The first kappa shape index (κ1) is 12.0. The number of benzene rings is 1. The molecule has 3 heteroatoms. The van der Waals surface area contributed by atoms with E-state index in [9.17, 15) is 4.79 Å². The zero-order valence-corrected chi connectivity index (χ0v) is 10.7. The van der Waals surface area contributed by atoms with Crippen LogP contribution in [0, 0.1) is 18.3 Å². The summed E-state index contributed by atoms with van der Waals surface area (Å²) >= 11 is 0. The molecule has 1 amide bonds. The zero-order valence-electron chi connectivity index (χ0n) is 10.7. The number of rotatable bonds is 3. The minimum absolute atomic E-state index is 0.164. The van der Waals surface area contributed by atoms with Gasteiger partial charge in [0.25, 0.3) is 0 Å². The molecule has 1 aromatic carbocycles. The number of amides is 1. The third-order valence-electron chi connectivity index (χ3n) is 3.77. The van der Waals surface area contributed by atoms with Gasteiger partial charge in [-0.2, -0.15) is 0 Å². The Labute approximate surface area is 102 Å². The van der Waals surface area contributed by atoms with E-state index < -0.39 is 0 Å². The van der Waals surface area contributed by atoms with Crippen LogP contribution in [-0.2, 0) is 11.3 Å². The van der Waals surface area contributed by atoms with E-state index in [-0.39, 0.29) is 17.2 Å². The fourth-order valence-electron chi connectivity index (χ4n) is 2.12. The molecule has 0 heterocycles. The predicted molar refractivity (Wildman–Crippen MR) is 69.3 cm³/mol. The van der Waals surface area contributed by atoms with Gasteiger partial charge in [0.1, 0.15) is 0 Å². The number of nitrogens with one attached hydrogen (secondary N) is 1. The first-order valence-corrected chi connectivity index (χ1v) is 6.03. The van der Waals surface area contributed by atoms with Crippen molar-refractivity contribution in [2.24, 2.45) is 11.3 Å². The van der Waals surface area contributed by atoms with Gasteiger partial charge in [-0.05, 0) is 36.0 Å². The maximum Gasteiger partial charge on any atom is 0.223 e. The van der Waals surface area contributed by atoms with E-state index in [2.05, 4.69) is 19.2 Å². The molecule has 1 fully saturated rings. The second-order valence-corrected chi connectivity index (χ2v) is 5.59. The second-order valence-electron chi connectivity index (χ2n) is 5.59. The molecule has 0 aliphatic heterocycles. The molecule has 92 valence electrons. The maximum atomic E-state index is 11.8. The molecule has 3 nitrogen and oxygen atoms in total. The summed E-state index contributed by atoms with van der Waals surface area (Å²) in [6.45, 7) is 6.81. The van der Waals surface area contributed by atoms with Gasteiger partial charge in [0.05, 0.1) is 0 Å². The van der Waals surface area contributed by atoms with Crippen molar-refractivity contribution in [1.29, 1.82) is 0 Å².